The average molecular weight is 236 g/mol. The van der Waals surface area contributed by atoms with Crippen molar-refractivity contribution < 1.29 is 13.5 Å². The second kappa shape index (κ2) is 5.25. The van der Waals surface area contributed by atoms with Gasteiger partial charge in [-0.2, -0.15) is 17.9 Å². The summed E-state index contributed by atoms with van der Waals surface area (Å²) >= 11 is 0. The van der Waals surface area contributed by atoms with E-state index in [1.807, 2.05) is 0 Å². The van der Waals surface area contributed by atoms with Gasteiger partial charge in [0.25, 0.3) is 10.2 Å². The van der Waals surface area contributed by atoms with Gasteiger partial charge in [-0.3, -0.25) is 0 Å². The van der Waals surface area contributed by atoms with Crippen LogP contribution in [0.15, 0.2) is 0 Å². The van der Waals surface area contributed by atoms with Crippen molar-refractivity contribution in [2.45, 2.75) is 45.2 Å². The highest BCUT2D eigenvalue weighted by Gasteiger charge is 2.30. The fourth-order valence-electron chi connectivity index (χ4n) is 1.95. The van der Waals surface area contributed by atoms with Gasteiger partial charge in [0, 0.05) is 18.7 Å². The number of rotatable bonds is 5. The van der Waals surface area contributed by atoms with Gasteiger partial charge in [-0.05, 0) is 32.6 Å². The van der Waals surface area contributed by atoms with Crippen molar-refractivity contribution >= 4 is 10.2 Å². The summed E-state index contributed by atoms with van der Waals surface area (Å²) in [6, 6.07) is -0.234. The van der Waals surface area contributed by atoms with E-state index in [-0.39, 0.29) is 24.6 Å². The van der Waals surface area contributed by atoms with Gasteiger partial charge in [0.1, 0.15) is 0 Å². The summed E-state index contributed by atoms with van der Waals surface area (Å²) in [5, 5.41) is 9.06. The van der Waals surface area contributed by atoms with Crippen LogP contribution < -0.4 is 9.44 Å². The van der Waals surface area contributed by atoms with Gasteiger partial charge < -0.3 is 5.11 Å². The fraction of sp³-hybridized carbons (Fsp3) is 1.00. The SMILES string of the molecule is CC(C)NS(=O)(=O)NC1CCCC1CO. The Labute approximate surface area is 91.4 Å². The summed E-state index contributed by atoms with van der Waals surface area (Å²) in [6.45, 7) is 3.60. The molecule has 0 aliphatic heterocycles. The number of aliphatic hydroxyl groups excluding tert-OH is 1. The normalized spacial score (nSPS) is 27.5. The van der Waals surface area contributed by atoms with Crippen LogP contribution in [-0.4, -0.2) is 32.2 Å². The molecule has 6 heteroatoms. The molecule has 2 atom stereocenters. The van der Waals surface area contributed by atoms with Crippen LogP contribution in [0, 0.1) is 5.92 Å². The Morgan fingerprint density at radius 3 is 2.60 bits per heavy atom. The standard InChI is InChI=1S/C9H20N2O3S/c1-7(2)10-15(13,14)11-9-5-3-4-8(9)6-12/h7-12H,3-6H2,1-2H3. The summed E-state index contributed by atoms with van der Waals surface area (Å²) in [4.78, 5) is 0. The molecule has 15 heavy (non-hydrogen) atoms. The van der Waals surface area contributed by atoms with E-state index in [1.165, 1.54) is 0 Å². The van der Waals surface area contributed by atoms with E-state index in [0.29, 0.717) is 0 Å². The van der Waals surface area contributed by atoms with E-state index in [4.69, 9.17) is 5.11 Å². The third-order valence-corrected chi connectivity index (χ3v) is 3.99. The Balaban J connectivity index is 2.53. The van der Waals surface area contributed by atoms with Crippen LogP contribution in [0.5, 0.6) is 0 Å². The van der Waals surface area contributed by atoms with Crippen LogP contribution >= 0.6 is 0 Å². The number of aliphatic hydroxyl groups is 1. The predicted octanol–water partition coefficient (Wildman–Crippen LogP) is -0.0202. The molecule has 5 nitrogen and oxygen atoms in total. The van der Waals surface area contributed by atoms with E-state index < -0.39 is 10.2 Å². The molecule has 1 aliphatic carbocycles. The lowest BCUT2D eigenvalue weighted by Gasteiger charge is -2.20. The molecule has 1 aliphatic rings. The molecule has 2 unspecified atom stereocenters. The number of hydrogen-bond acceptors (Lipinski definition) is 3. The maximum Gasteiger partial charge on any atom is 0.277 e. The van der Waals surface area contributed by atoms with Crippen molar-refractivity contribution in [1.29, 1.82) is 0 Å². The van der Waals surface area contributed by atoms with Gasteiger partial charge in [0.05, 0.1) is 0 Å². The van der Waals surface area contributed by atoms with Crippen LogP contribution in [-0.2, 0) is 10.2 Å². The zero-order chi connectivity index (χ0) is 11.5. The van der Waals surface area contributed by atoms with Crippen molar-refractivity contribution in [2.24, 2.45) is 5.92 Å². The quantitative estimate of drug-likeness (QED) is 0.628. The highest BCUT2D eigenvalue weighted by Crippen LogP contribution is 2.25. The van der Waals surface area contributed by atoms with Crippen molar-refractivity contribution in [2.75, 3.05) is 6.61 Å². The van der Waals surface area contributed by atoms with Crippen molar-refractivity contribution in [1.82, 2.24) is 9.44 Å². The van der Waals surface area contributed by atoms with Crippen molar-refractivity contribution in [3.05, 3.63) is 0 Å². The highest BCUT2D eigenvalue weighted by atomic mass is 32.2. The first kappa shape index (κ1) is 12.9. The second-order valence-corrected chi connectivity index (χ2v) is 5.85. The summed E-state index contributed by atoms with van der Waals surface area (Å²) < 4.78 is 28.2. The Morgan fingerprint density at radius 2 is 2.07 bits per heavy atom. The molecule has 0 aromatic rings. The molecular formula is C9H20N2O3S. The first-order valence-corrected chi connectivity index (χ1v) is 6.83. The minimum absolute atomic E-state index is 0.0505. The molecule has 0 heterocycles. The van der Waals surface area contributed by atoms with Crippen LogP contribution in [0.3, 0.4) is 0 Å². The summed E-state index contributed by atoms with van der Waals surface area (Å²) in [5.74, 6) is 0.0636. The molecule has 1 rings (SSSR count). The maximum atomic E-state index is 11.6. The first-order valence-electron chi connectivity index (χ1n) is 5.35. The average Bonchev–Trinajstić information content (AvgIpc) is 2.48. The Morgan fingerprint density at radius 1 is 1.40 bits per heavy atom. The largest absolute Gasteiger partial charge is 0.396 e. The maximum absolute atomic E-state index is 11.6. The zero-order valence-electron chi connectivity index (χ0n) is 9.23. The molecule has 0 amide bonds. The van der Waals surface area contributed by atoms with Gasteiger partial charge in [-0.1, -0.05) is 6.42 Å². The molecule has 0 spiro atoms. The van der Waals surface area contributed by atoms with E-state index in [1.54, 1.807) is 13.8 Å². The Bertz CT molecular complexity index is 290. The molecule has 90 valence electrons. The Hall–Kier alpha value is -0.170. The van der Waals surface area contributed by atoms with Gasteiger partial charge in [-0.25, -0.2) is 0 Å². The minimum atomic E-state index is -3.42. The van der Waals surface area contributed by atoms with Crippen molar-refractivity contribution in [3.8, 4) is 0 Å². The van der Waals surface area contributed by atoms with E-state index in [9.17, 15) is 8.42 Å². The third kappa shape index (κ3) is 4.06. The lowest BCUT2D eigenvalue weighted by Crippen LogP contribution is -2.46. The molecule has 1 saturated carbocycles. The van der Waals surface area contributed by atoms with Gasteiger partial charge >= 0.3 is 0 Å². The topological polar surface area (TPSA) is 78.4 Å². The second-order valence-electron chi connectivity index (χ2n) is 4.37. The fourth-order valence-corrected chi connectivity index (χ4v) is 3.35. The molecule has 3 N–H and O–H groups in total. The van der Waals surface area contributed by atoms with Crippen LogP contribution in [0.1, 0.15) is 33.1 Å². The van der Waals surface area contributed by atoms with Crippen LogP contribution in [0.25, 0.3) is 0 Å². The predicted molar refractivity (Wildman–Crippen MR) is 58.5 cm³/mol. The van der Waals surface area contributed by atoms with Gasteiger partial charge in [-0.15, -0.1) is 0 Å². The molecule has 0 radical (unpaired) electrons. The van der Waals surface area contributed by atoms with Crippen LogP contribution in [0.2, 0.25) is 0 Å². The molecule has 0 aromatic heterocycles. The third-order valence-electron chi connectivity index (χ3n) is 2.59. The van der Waals surface area contributed by atoms with Gasteiger partial charge in [0.2, 0.25) is 0 Å². The number of nitrogens with one attached hydrogen (secondary N) is 2. The van der Waals surface area contributed by atoms with Gasteiger partial charge in [0.15, 0.2) is 0 Å². The monoisotopic (exact) mass is 236 g/mol. The van der Waals surface area contributed by atoms with E-state index >= 15 is 0 Å². The lowest BCUT2D eigenvalue weighted by atomic mass is 10.1. The highest BCUT2D eigenvalue weighted by molar-refractivity contribution is 7.87. The summed E-state index contributed by atoms with van der Waals surface area (Å²) in [7, 11) is -3.42. The molecular weight excluding hydrogens is 216 g/mol. The Kier molecular flexibility index (Phi) is 4.51. The molecule has 0 saturated heterocycles. The van der Waals surface area contributed by atoms with E-state index in [0.717, 1.165) is 19.3 Å². The van der Waals surface area contributed by atoms with E-state index in [2.05, 4.69) is 9.44 Å². The molecule has 1 fully saturated rings. The minimum Gasteiger partial charge on any atom is -0.396 e. The summed E-state index contributed by atoms with van der Waals surface area (Å²) in [6.07, 6.45) is 2.68. The zero-order valence-corrected chi connectivity index (χ0v) is 10.0. The molecule has 0 aromatic carbocycles. The van der Waals surface area contributed by atoms with Crippen LogP contribution in [0.4, 0.5) is 0 Å². The summed E-state index contributed by atoms with van der Waals surface area (Å²) in [5.41, 5.74) is 0. The lowest BCUT2D eigenvalue weighted by molar-refractivity contribution is 0.213. The number of hydrogen-bond donors (Lipinski definition) is 3. The van der Waals surface area contributed by atoms with Crippen molar-refractivity contribution in [3.63, 3.8) is 0 Å². The molecule has 0 bridgehead atoms. The first-order chi connectivity index (χ1) is 6.94. The smallest absolute Gasteiger partial charge is 0.277 e.